The van der Waals surface area contributed by atoms with Gasteiger partial charge in [0.05, 0.1) is 16.3 Å². The monoisotopic (exact) mass is 319 g/mol. The molecule has 0 aliphatic carbocycles. The van der Waals surface area contributed by atoms with Crippen LogP contribution >= 0.6 is 0 Å². The van der Waals surface area contributed by atoms with E-state index >= 15 is 0 Å². The van der Waals surface area contributed by atoms with Crippen molar-refractivity contribution >= 4 is 22.5 Å². The van der Waals surface area contributed by atoms with Gasteiger partial charge >= 0.3 is 0 Å². The summed E-state index contributed by atoms with van der Waals surface area (Å²) in [5.41, 5.74) is 1.85. The zero-order valence-electron chi connectivity index (χ0n) is 12.9. The maximum absolute atomic E-state index is 12.2. The summed E-state index contributed by atoms with van der Waals surface area (Å²) in [6.07, 6.45) is 2.87. The van der Waals surface area contributed by atoms with Crippen LogP contribution in [0.15, 0.2) is 28.2 Å². The summed E-state index contributed by atoms with van der Waals surface area (Å²) in [6.45, 7) is 8.42. The summed E-state index contributed by atoms with van der Waals surface area (Å²) in [5.74, 6) is 0.121. The van der Waals surface area contributed by atoms with Crippen LogP contribution < -0.4 is 0 Å². The number of rotatable bonds is 3. The number of aryl methyl sites for hydroxylation is 2. The van der Waals surface area contributed by atoms with Crippen molar-refractivity contribution in [3.63, 3.8) is 0 Å². The molecule has 0 saturated carbocycles. The minimum Gasteiger partial charge on any atom is -0.302 e. The number of imidazole rings is 1. The molecule has 0 aliphatic heterocycles. The summed E-state index contributed by atoms with van der Waals surface area (Å²) in [5, 5.41) is 0. The molecule has 1 aromatic heterocycles. The molecule has 0 N–H and O–H groups in total. The standard InChI is InChI=1S/C15H17N3O3S/c1-9-8-18(11(3)17-9)13-7-6-12(15(19)16-4)10(2)14(13)22(5,20)21/h6-8H,4H2,1-3,5H3. The van der Waals surface area contributed by atoms with Crippen molar-refractivity contribution in [3.05, 3.63) is 41.0 Å². The summed E-state index contributed by atoms with van der Waals surface area (Å²) in [4.78, 5) is 19.5. The number of sulfone groups is 1. The topological polar surface area (TPSA) is 81.4 Å². The number of carbonyl (C=O) groups excluding carboxylic acids is 1. The van der Waals surface area contributed by atoms with Gasteiger partial charge in [-0.3, -0.25) is 4.79 Å². The normalized spacial score (nSPS) is 11.5. The second kappa shape index (κ2) is 5.49. The first-order chi connectivity index (χ1) is 10.2. The van der Waals surface area contributed by atoms with E-state index in [0.29, 0.717) is 17.1 Å². The third kappa shape index (κ3) is 2.71. The van der Waals surface area contributed by atoms with Crippen LogP contribution in [0.4, 0.5) is 0 Å². The van der Waals surface area contributed by atoms with Gasteiger partial charge in [-0.1, -0.05) is 0 Å². The molecule has 0 fully saturated rings. The van der Waals surface area contributed by atoms with Crippen LogP contribution in [-0.2, 0) is 9.84 Å². The van der Waals surface area contributed by atoms with Crippen LogP contribution in [0.25, 0.3) is 5.69 Å². The van der Waals surface area contributed by atoms with Crippen molar-refractivity contribution in [3.8, 4) is 5.69 Å². The first kappa shape index (κ1) is 16.1. The lowest BCUT2D eigenvalue weighted by Gasteiger charge is -2.15. The molecule has 0 spiro atoms. The molecular weight excluding hydrogens is 302 g/mol. The van der Waals surface area contributed by atoms with Gasteiger partial charge in [0.2, 0.25) is 0 Å². The van der Waals surface area contributed by atoms with E-state index in [9.17, 15) is 13.2 Å². The molecule has 1 heterocycles. The Morgan fingerprint density at radius 1 is 1.27 bits per heavy atom. The first-order valence-corrected chi connectivity index (χ1v) is 8.43. The average molecular weight is 319 g/mol. The Labute approximate surface area is 129 Å². The molecule has 2 rings (SSSR count). The molecule has 0 bridgehead atoms. The quantitative estimate of drug-likeness (QED) is 0.811. The maximum atomic E-state index is 12.2. The Morgan fingerprint density at radius 2 is 1.91 bits per heavy atom. The lowest BCUT2D eigenvalue weighted by atomic mass is 10.1. The van der Waals surface area contributed by atoms with Crippen LogP contribution in [0.5, 0.6) is 0 Å². The second-order valence-electron chi connectivity index (χ2n) is 5.12. The number of hydrogen-bond acceptors (Lipinski definition) is 4. The molecule has 1 amide bonds. The zero-order valence-corrected chi connectivity index (χ0v) is 13.7. The number of aliphatic imine (C=N–C) groups is 1. The molecule has 0 saturated heterocycles. The molecule has 0 unspecified atom stereocenters. The highest BCUT2D eigenvalue weighted by molar-refractivity contribution is 7.90. The molecule has 116 valence electrons. The number of hydrogen-bond donors (Lipinski definition) is 0. The minimum atomic E-state index is -3.55. The predicted molar refractivity (Wildman–Crippen MR) is 84.8 cm³/mol. The Bertz CT molecular complexity index is 880. The molecule has 6 nitrogen and oxygen atoms in total. The number of carbonyl (C=O) groups is 1. The Kier molecular flexibility index (Phi) is 4.02. The van der Waals surface area contributed by atoms with Gasteiger partial charge in [0.1, 0.15) is 5.82 Å². The highest BCUT2D eigenvalue weighted by atomic mass is 32.2. The second-order valence-corrected chi connectivity index (χ2v) is 7.07. The highest BCUT2D eigenvalue weighted by Crippen LogP contribution is 2.28. The largest absolute Gasteiger partial charge is 0.302 e. The van der Waals surface area contributed by atoms with Crippen LogP contribution in [0, 0.1) is 20.8 Å². The van der Waals surface area contributed by atoms with E-state index in [-0.39, 0.29) is 10.5 Å². The fourth-order valence-electron chi connectivity index (χ4n) is 2.51. The molecule has 0 atom stereocenters. The smallest absolute Gasteiger partial charge is 0.276 e. The lowest BCUT2D eigenvalue weighted by molar-refractivity contribution is 0.100. The number of aromatic nitrogens is 2. The van der Waals surface area contributed by atoms with Crippen molar-refractivity contribution in [2.45, 2.75) is 25.7 Å². The van der Waals surface area contributed by atoms with E-state index in [2.05, 4.69) is 16.7 Å². The van der Waals surface area contributed by atoms with Gasteiger partial charge < -0.3 is 4.57 Å². The summed E-state index contributed by atoms with van der Waals surface area (Å²) in [6, 6.07) is 3.15. The van der Waals surface area contributed by atoms with E-state index in [1.165, 1.54) is 0 Å². The maximum Gasteiger partial charge on any atom is 0.276 e. The average Bonchev–Trinajstić information content (AvgIpc) is 2.74. The molecule has 0 radical (unpaired) electrons. The van der Waals surface area contributed by atoms with Crippen molar-refractivity contribution in [1.82, 2.24) is 9.55 Å². The fraction of sp³-hybridized carbons (Fsp3) is 0.267. The third-order valence-corrected chi connectivity index (χ3v) is 4.65. The molecule has 7 heteroatoms. The number of nitrogens with zero attached hydrogens (tertiary/aromatic N) is 3. The summed E-state index contributed by atoms with van der Waals surface area (Å²) in [7, 11) is -3.55. The Balaban J connectivity index is 2.87. The Hall–Kier alpha value is -2.28. The van der Waals surface area contributed by atoms with E-state index in [1.807, 2.05) is 6.92 Å². The van der Waals surface area contributed by atoms with Gasteiger partial charge in [0.15, 0.2) is 9.84 Å². The lowest BCUT2D eigenvalue weighted by Crippen LogP contribution is -2.11. The minimum absolute atomic E-state index is 0.0995. The first-order valence-electron chi connectivity index (χ1n) is 6.54. The summed E-state index contributed by atoms with van der Waals surface area (Å²) >= 11 is 0. The van der Waals surface area contributed by atoms with Crippen molar-refractivity contribution < 1.29 is 13.2 Å². The molecule has 22 heavy (non-hydrogen) atoms. The SMILES string of the molecule is C=NC(=O)c1ccc(-n2cc(C)nc2C)c(S(C)(=O)=O)c1C. The summed E-state index contributed by atoms with van der Waals surface area (Å²) < 4.78 is 26.2. The number of benzene rings is 1. The van der Waals surface area contributed by atoms with Crippen molar-refractivity contribution in [1.29, 1.82) is 0 Å². The molecular formula is C15H17N3O3S. The van der Waals surface area contributed by atoms with Gasteiger partial charge in [0.25, 0.3) is 5.91 Å². The number of amides is 1. The van der Waals surface area contributed by atoms with Gasteiger partial charge in [-0.2, -0.15) is 0 Å². The van der Waals surface area contributed by atoms with Crippen LogP contribution in [0.2, 0.25) is 0 Å². The molecule has 2 aromatic rings. The van der Waals surface area contributed by atoms with Crippen LogP contribution in [-0.4, -0.2) is 36.8 Å². The molecule has 0 aliphatic rings. The van der Waals surface area contributed by atoms with E-state index < -0.39 is 15.7 Å². The zero-order chi connectivity index (χ0) is 16.7. The van der Waals surface area contributed by atoms with Crippen LogP contribution in [0.3, 0.4) is 0 Å². The van der Waals surface area contributed by atoms with Crippen LogP contribution in [0.1, 0.15) is 27.4 Å². The third-order valence-electron chi connectivity index (χ3n) is 3.39. The fourth-order valence-corrected chi connectivity index (χ4v) is 3.73. The Morgan fingerprint density at radius 3 is 2.36 bits per heavy atom. The molecule has 1 aromatic carbocycles. The predicted octanol–water partition coefficient (Wildman–Crippen LogP) is 2.04. The van der Waals surface area contributed by atoms with Gasteiger partial charge in [-0.15, -0.1) is 0 Å². The van der Waals surface area contributed by atoms with Crippen molar-refractivity contribution in [2.75, 3.05) is 6.26 Å². The van der Waals surface area contributed by atoms with Gasteiger partial charge in [-0.25, -0.2) is 18.4 Å². The van der Waals surface area contributed by atoms with E-state index in [4.69, 9.17) is 0 Å². The van der Waals surface area contributed by atoms with Crippen molar-refractivity contribution in [2.24, 2.45) is 4.99 Å². The van der Waals surface area contributed by atoms with E-state index in [1.54, 1.807) is 36.7 Å². The van der Waals surface area contributed by atoms with E-state index in [0.717, 1.165) is 11.9 Å². The highest BCUT2D eigenvalue weighted by Gasteiger charge is 2.23. The van der Waals surface area contributed by atoms with Gasteiger partial charge in [0, 0.05) is 18.0 Å². The van der Waals surface area contributed by atoms with Gasteiger partial charge in [-0.05, 0) is 45.2 Å².